The molecule has 1 amide bonds. The van der Waals surface area contributed by atoms with Crippen LogP contribution in [0.5, 0.6) is 11.5 Å². The first kappa shape index (κ1) is 21.1. The first-order chi connectivity index (χ1) is 15.5. The maximum absolute atomic E-state index is 12.8. The van der Waals surface area contributed by atoms with Gasteiger partial charge in [-0.2, -0.15) is 0 Å². The van der Waals surface area contributed by atoms with Gasteiger partial charge in [-0.25, -0.2) is 0 Å². The fourth-order valence-electron chi connectivity index (χ4n) is 5.49. The number of piperidine rings is 1. The van der Waals surface area contributed by atoms with Gasteiger partial charge in [0.15, 0.2) is 0 Å². The van der Waals surface area contributed by atoms with Gasteiger partial charge < -0.3 is 24.6 Å². The molecule has 6 nitrogen and oxygen atoms in total. The predicted molar refractivity (Wildman–Crippen MR) is 126 cm³/mol. The number of anilines is 1. The molecular weight excluding hydrogens is 402 g/mol. The number of hydrogen-bond donors (Lipinski definition) is 1. The summed E-state index contributed by atoms with van der Waals surface area (Å²) in [6.07, 6.45) is 4.30. The largest absolute Gasteiger partial charge is 0.497 e. The molecule has 0 unspecified atom stereocenters. The Bertz CT molecular complexity index is 1020. The SMILES string of the molecule is COc1cc(C(=O)N(C)C)c2c(c1)[C@@H]1CN(CCCc3cccc4c3OCC4)CC[C@@H]1N2. The number of ether oxygens (including phenoxy) is 2. The van der Waals surface area contributed by atoms with E-state index in [1.54, 1.807) is 26.1 Å². The number of hydrogen-bond acceptors (Lipinski definition) is 5. The molecule has 3 aliphatic heterocycles. The summed E-state index contributed by atoms with van der Waals surface area (Å²) >= 11 is 0. The average molecular weight is 436 g/mol. The van der Waals surface area contributed by atoms with E-state index in [0.717, 1.165) is 69.1 Å². The van der Waals surface area contributed by atoms with Crippen LogP contribution in [0.25, 0.3) is 0 Å². The highest BCUT2D eigenvalue weighted by atomic mass is 16.5. The summed E-state index contributed by atoms with van der Waals surface area (Å²) in [6, 6.07) is 10.9. The van der Waals surface area contributed by atoms with Crippen LogP contribution in [0, 0.1) is 0 Å². The lowest BCUT2D eigenvalue weighted by molar-refractivity contribution is 0.0828. The van der Waals surface area contributed by atoms with Crippen molar-refractivity contribution in [2.24, 2.45) is 0 Å². The van der Waals surface area contributed by atoms with Crippen LogP contribution in [0.1, 0.15) is 45.8 Å². The zero-order valence-corrected chi connectivity index (χ0v) is 19.3. The van der Waals surface area contributed by atoms with Crippen molar-refractivity contribution in [3.05, 3.63) is 52.6 Å². The van der Waals surface area contributed by atoms with E-state index in [-0.39, 0.29) is 5.91 Å². The summed E-state index contributed by atoms with van der Waals surface area (Å²) in [5, 5.41) is 3.68. The summed E-state index contributed by atoms with van der Waals surface area (Å²) in [4.78, 5) is 17.0. The van der Waals surface area contributed by atoms with E-state index < -0.39 is 0 Å². The van der Waals surface area contributed by atoms with Crippen molar-refractivity contribution >= 4 is 11.6 Å². The maximum Gasteiger partial charge on any atom is 0.255 e. The Hall–Kier alpha value is -2.73. The molecule has 0 spiro atoms. The van der Waals surface area contributed by atoms with E-state index in [1.165, 1.54) is 16.7 Å². The van der Waals surface area contributed by atoms with Crippen molar-refractivity contribution in [2.75, 3.05) is 52.8 Å². The fourth-order valence-corrected chi connectivity index (χ4v) is 5.49. The van der Waals surface area contributed by atoms with Gasteiger partial charge in [0.2, 0.25) is 0 Å². The summed E-state index contributed by atoms with van der Waals surface area (Å²) < 4.78 is 11.4. The Morgan fingerprint density at radius 2 is 2.19 bits per heavy atom. The molecule has 2 atom stereocenters. The van der Waals surface area contributed by atoms with E-state index in [9.17, 15) is 4.79 Å². The number of fused-ring (bicyclic) bond motifs is 4. The minimum atomic E-state index is 0.0146. The third-order valence-electron chi connectivity index (χ3n) is 7.16. The third-order valence-corrected chi connectivity index (χ3v) is 7.16. The van der Waals surface area contributed by atoms with Gasteiger partial charge in [0.05, 0.1) is 25.0 Å². The number of methoxy groups -OCH3 is 1. The quantitative estimate of drug-likeness (QED) is 0.752. The standard InChI is InChI=1S/C26H33N3O3/c1-28(2)26(30)21-15-19(31-3)14-20-22-16-29(12-9-23(22)27-24(20)21)11-5-8-17-6-4-7-18-10-13-32-25(17)18/h4,6-7,14-15,22-23,27H,5,8-13,16H2,1-3H3/t22-,23-/m0/s1. The highest BCUT2D eigenvalue weighted by Crippen LogP contribution is 2.44. The number of nitrogens with zero attached hydrogens (tertiary/aromatic N) is 2. The minimum absolute atomic E-state index is 0.0146. The molecular formula is C26H33N3O3. The van der Waals surface area contributed by atoms with Gasteiger partial charge in [-0.3, -0.25) is 4.79 Å². The number of benzene rings is 2. The van der Waals surface area contributed by atoms with Gasteiger partial charge in [-0.05, 0) is 54.6 Å². The summed E-state index contributed by atoms with van der Waals surface area (Å²) in [5.74, 6) is 2.28. The lowest BCUT2D eigenvalue weighted by Gasteiger charge is -2.35. The maximum atomic E-state index is 12.8. The van der Waals surface area contributed by atoms with Crippen molar-refractivity contribution in [1.82, 2.24) is 9.80 Å². The van der Waals surface area contributed by atoms with Crippen molar-refractivity contribution in [3.63, 3.8) is 0 Å². The Morgan fingerprint density at radius 3 is 3.00 bits per heavy atom. The van der Waals surface area contributed by atoms with Crippen molar-refractivity contribution in [3.8, 4) is 11.5 Å². The number of aryl methyl sites for hydroxylation is 1. The van der Waals surface area contributed by atoms with Crippen LogP contribution >= 0.6 is 0 Å². The van der Waals surface area contributed by atoms with Crippen LogP contribution in [-0.4, -0.2) is 69.2 Å². The number of amides is 1. The molecule has 5 rings (SSSR count). The van der Waals surface area contributed by atoms with E-state index >= 15 is 0 Å². The van der Waals surface area contributed by atoms with Gasteiger partial charge in [0.25, 0.3) is 5.91 Å². The van der Waals surface area contributed by atoms with Gasteiger partial charge in [0.1, 0.15) is 11.5 Å². The fraction of sp³-hybridized carbons (Fsp3) is 0.500. The Morgan fingerprint density at radius 1 is 1.31 bits per heavy atom. The number of rotatable bonds is 6. The topological polar surface area (TPSA) is 54.0 Å². The molecule has 0 saturated carbocycles. The predicted octanol–water partition coefficient (Wildman–Crippen LogP) is 3.55. The molecule has 170 valence electrons. The lowest BCUT2D eigenvalue weighted by Crippen LogP contribution is -2.42. The first-order valence-corrected chi connectivity index (χ1v) is 11.7. The molecule has 6 heteroatoms. The molecule has 1 fully saturated rings. The van der Waals surface area contributed by atoms with Gasteiger partial charge >= 0.3 is 0 Å². The molecule has 1 saturated heterocycles. The summed E-state index contributed by atoms with van der Waals surface area (Å²) in [7, 11) is 5.26. The smallest absolute Gasteiger partial charge is 0.255 e. The Kier molecular flexibility index (Phi) is 5.72. The zero-order chi connectivity index (χ0) is 22.2. The van der Waals surface area contributed by atoms with Crippen LogP contribution in [0.2, 0.25) is 0 Å². The minimum Gasteiger partial charge on any atom is -0.497 e. The second-order valence-corrected chi connectivity index (χ2v) is 9.39. The number of nitrogens with one attached hydrogen (secondary N) is 1. The van der Waals surface area contributed by atoms with Crippen molar-refractivity contribution in [1.29, 1.82) is 0 Å². The molecule has 0 aromatic heterocycles. The summed E-state index contributed by atoms with van der Waals surface area (Å²) in [5.41, 5.74) is 5.63. The van der Waals surface area contributed by atoms with Gasteiger partial charge in [0, 0.05) is 45.6 Å². The molecule has 2 aromatic rings. The van der Waals surface area contributed by atoms with Crippen molar-refractivity contribution < 1.29 is 14.3 Å². The van der Waals surface area contributed by atoms with E-state index in [4.69, 9.17) is 9.47 Å². The van der Waals surface area contributed by atoms with Gasteiger partial charge in [-0.1, -0.05) is 18.2 Å². The number of likely N-dealkylation sites (tertiary alicyclic amines) is 1. The molecule has 32 heavy (non-hydrogen) atoms. The van der Waals surface area contributed by atoms with E-state index in [1.807, 2.05) is 6.07 Å². The molecule has 0 aliphatic carbocycles. The van der Waals surface area contributed by atoms with E-state index in [0.29, 0.717) is 17.5 Å². The monoisotopic (exact) mass is 435 g/mol. The molecule has 2 aromatic carbocycles. The molecule has 1 N–H and O–H groups in total. The highest BCUT2D eigenvalue weighted by Gasteiger charge is 2.39. The zero-order valence-electron chi connectivity index (χ0n) is 19.3. The van der Waals surface area contributed by atoms with Crippen LogP contribution in [-0.2, 0) is 12.8 Å². The molecule has 0 bridgehead atoms. The van der Waals surface area contributed by atoms with Gasteiger partial charge in [-0.15, -0.1) is 0 Å². The Labute approximate surface area is 190 Å². The summed E-state index contributed by atoms with van der Waals surface area (Å²) in [6.45, 7) is 3.99. The highest BCUT2D eigenvalue weighted by molar-refractivity contribution is 6.01. The normalized spacial score (nSPS) is 21.2. The molecule has 3 aliphatic rings. The average Bonchev–Trinajstić information content (AvgIpc) is 3.42. The van der Waals surface area contributed by atoms with E-state index in [2.05, 4.69) is 34.5 Å². The second kappa shape index (κ2) is 8.66. The van der Waals surface area contributed by atoms with Crippen LogP contribution < -0.4 is 14.8 Å². The number of para-hydroxylation sites is 1. The lowest BCUT2D eigenvalue weighted by atomic mass is 9.88. The molecule has 0 radical (unpaired) electrons. The van der Waals surface area contributed by atoms with Crippen LogP contribution in [0.3, 0.4) is 0 Å². The van der Waals surface area contributed by atoms with Crippen molar-refractivity contribution in [2.45, 2.75) is 37.6 Å². The Balaban J connectivity index is 1.28. The van der Waals surface area contributed by atoms with Crippen LogP contribution in [0.4, 0.5) is 5.69 Å². The van der Waals surface area contributed by atoms with Crippen LogP contribution in [0.15, 0.2) is 30.3 Å². The molecule has 3 heterocycles. The number of carbonyl (C=O) groups excluding carboxylic acids is 1. The number of carbonyl (C=O) groups is 1. The second-order valence-electron chi connectivity index (χ2n) is 9.39. The third kappa shape index (κ3) is 3.81. The first-order valence-electron chi connectivity index (χ1n) is 11.7.